The van der Waals surface area contributed by atoms with Crippen LogP contribution in [0.25, 0.3) is 5.57 Å². The van der Waals surface area contributed by atoms with Crippen LogP contribution in [0.4, 0.5) is 18.9 Å². The van der Waals surface area contributed by atoms with Crippen LogP contribution >= 0.6 is 0 Å². The van der Waals surface area contributed by atoms with Crippen LogP contribution in [0, 0.1) is 0 Å². The molecule has 0 heterocycles. The molecule has 0 aromatic heterocycles. The number of carbonyl (C=O) groups is 2. The first-order chi connectivity index (χ1) is 12.3. The molecule has 0 aliphatic carbocycles. The van der Waals surface area contributed by atoms with Crippen LogP contribution in [-0.4, -0.2) is 18.5 Å². The molecule has 2 aromatic rings. The molecule has 0 atom stereocenters. The minimum Gasteiger partial charge on any atom is -0.462 e. The summed E-state index contributed by atoms with van der Waals surface area (Å²) < 4.78 is 44.1. The molecule has 0 saturated carbocycles. The third-order valence-corrected chi connectivity index (χ3v) is 3.50. The maximum absolute atomic E-state index is 13.1. The van der Waals surface area contributed by atoms with Crippen molar-refractivity contribution in [2.75, 3.05) is 11.9 Å². The number of para-hydroxylation sites is 1. The van der Waals surface area contributed by atoms with E-state index >= 15 is 0 Å². The van der Waals surface area contributed by atoms with Gasteiger partial charge in [-0.25, -0.2) is 4.79 Å². The SMILES string of the molecule is C=C(C(=O)OCC)c1ccccc1NC(=O)c1ccccc1C(F)(F)F. The van der Waals surface area contributed by atoms with E-state index in [1.807, 2.05) is 0 Å². The highest BCUT2D eigenvalue weighted by Gasteiger charge is 2.35. The maximum Gasteiger partial charge on any atom is 0.417 e. The Balaban J connectivity index is 2.35. The largest absolute Gasteiger partial charge is 0.462 e. The highest BCUT2D eigenvalue weighted by atomic mass is 19.4. The average Bonchev–Trinajstić information content (AvgIpc) is 2.61. The number of carbonyl (C=O) groups excluding carboxylic acids is 2. The normalized spacial score (nSPS) is 10.9. The second-order valence-corrected chi connectivity index (χ2v) is 5.24. The summed E-state index contributed by atoms with van der Waals surface area (Å²) in [4.78, 5) is 24.2. The number of nitrogens with one attached hydrogen (secondary N) is 1. The van der Waals surface area contributed by atoms with Crippen LogP contribution in [0.2, 0.25) is 0 Å². The molecular formula is C19H16F3NO3. The quantitative estimate of drug-likeness (QED) is 0.627. The van der Waals surface area contributed by atoms with Gasteiger partial charge in [0.15, 0.2) is 0 Å². The van der Waals surface area contributed by atoms with E-state index in [-0.39, 0.29) is 23.4 Å². The minimum absolute atomic E-state index is 0.00754. The van der Waals surface area contributed by atoms with Crippen molar-refractivity contribution >= 4 is 23.1 Å². The van der Waals surface area contributed by atoms with Crippen LogP contribution in [0.15, 0.2) is 55.1 Å². The highest BCUT2D eigenvalue weighted by molar-refractivity contribution is 6.18. The Kier molecular flexibility index (Phi) is 5.82. The Morgan fingerprint density at radius 1 is 1.04 bits per heavy atom. The molecule has 0 unspecified atom stereocenters. The molecule has 0 fully saturated rings. The Morgan fingerprint density at radius 3 is 2.23 bits per heavy atom. The number of anilines is 1. The van der Waals surface area contributed by atoms with Gasteiger partial charge in [-0.1, -0.05) is 36.9 Å². The van der Waals surface area contributed by atoms with E-state index in [1.54, 1.807) is 19.1 Å². The predicted octanol–water partition coefficient (Wildman–Crippen LogP) is 4.53. The average molecular weight is 363 g/mol. The van der Waals surface area contributed by atoms with E-state index in [4.69, 9.17) is 4.74 Å². The molecule has 0 radical (unpaired) electrons. The first-order valence-corrected chi connectivity index (χ1v) is 7.68. The lowest BCUT2D eigenvalue weighted by Gasteiger charge is -2.15. The van der Waals surface area contributed by atoms with Crippen molar-refractivity contribution in [3.63, 3.8) is 0 Å². The Hall–Kier alpha value is -3.09. The second kappa shape index (κ2) is 7.86. The summed E-state index contributed by atoms with van der Waals surface area (Å²) in [7, 11) is 0. The third kappa shape index (κ3) is 4.30. The lowest BCUT2D eigenvalue weighted by molar-refractivity contribution is -0.138. The van der Waals surface area contributed by atoms with Crippen LogP contribution < -0.4 is 5.32 Å². The number of alkyl halides is 3. The molecular weight excluding hydrogens is 347 g/mol. The highest BCUT2D eigenvalue weighted by Crippen LogP contribution is 2.32. The van der Waals surface area contributed by atoms with Gasteiger partial charge in [-0.15, -0.1) is 0 Å². The number of ether oxygens (including phenoxy) is 1. The number of hydrogen-bond donors (Lipinski definition) is 1. The lowest BCUT2D eigenvalue weighted by Crippen LogP contribution is -2.19. The summed E-state index contributed by atoms with van der Waals surface area (Å²) in [6.45, 7) is 5.41. The summed E-state index contributed by atoms with van der Waals surface area (Å²) in [5, 5.41) is 2.41. The molecule has 1 amide bonds. The standard InChI is InChI=1S/C19H16F3NO3/c1-3-26-18(25)12(2)13-8-5-7-11-16(13)23-17(24)14-9-4-6-10-15(14)19(20,21)22/h4-11H,2-3H2,1H3,(H,23,24). The number of rotatable bonds is 5. The van der Waals surface area contributed by atoms with E-state index in [9.17, 15) is 22.8 Å². The van der Waals surface area contributed by atoms with Crippen molar-refractivity contribution in [3.05, 3.63) is 71.8 Å². The zero-order valence-electron chi connectivity index (χ0n) is 13.9. The van der Waals surface area contributed by atoms with Crippen molar-refractivity contribution < 1.29 is 27.5 Å². The fourth-order valence-electron chi connectivity index (χ4n) is 2.30. The third-order valence-electron chi connectivity index (χ3n) is 3.50. The zero-order chi connectivity index (χ0) is 19.3. The molecule has 4 nitrogen and oxygen atoms in total. The molecule has 0 saturated heterocycles. The smallest absolute Gasteiger partial charge is 0.417 e. The van der Waals surface area contributed by atoms with Gasteiger partial charge >= 0.3 is 12.1 Å². The molecule has 1 N–H and O–H groups in total. The molecule has 26 heavy (non-hydrogen) atoms. The van der Waals surface area contributed by atoms with Crippen LogP contribution in [0.1, 0.15) is 28.4 Å². The van der Waals surface area contributed by atoms with E-state index in [2.05, 4.69) is 11.9 Å². The topological polar surface area (TPSA) is 55.4 Å². The zero-order valence-corrected chi connectivity index (χ0v) is 13.9. The first-order valence-electron chi connectivity index (χ1n) is 7.68. The first kappa shape index (κ1) is 19.2. The second-order valence-electron chi connectivity index (χ2n) is 5.24. The van der Waals surface area contributed by atoms with Gasteiger partial charge in [0.05, 0.1) is 23.3 Å². The number of amides is 1. The number of benzene rings is 2. The summed E-state index contributed by atoms with van der Waals surface area (Å²) in [5.41, 5.74) is -1.14. The fourth-order valence-corrected chi connectivity index (χ4v) is 2.30. The minimum atomic E-state index is -4.66. The molecule has 7 heteroatoms. The number of halogens is 3. The molecule has 2 rings (SSSR count). The van der Waals surface area contributed by atoms with Crippen LogP contribution in [-0.2, 0) is 15.7 Å². The van der Waals surface area contributed by atoms with E-state index < -0.39 is 29.2 Å². The van der Waals surface area contributed by atoms with Gasteiger partial charge in [-0.2, -0.15) is 13.2 Å². The van der Waals surface area contributed by atoms with Crippen molar-refractivity contribution in [2.45, 2.75) is 13.1 Å². The monoisotopic (exact) mass is 363 g/mol. The molecule has 0 bridgehead atoms. The molecule has 0 aliphatic heterocycles. The van der Waals surface area contributed by atoms with E-state index in [0.717, 1.165) is 12.1 Å². The Labute approximate surface area is 148 Å². The van der Waals surface area contributed by atoms with Gasteiger partial charge in [0, 0.05) is 11.3 Å². The molecule has 0 spiro atoms. The van der Waals surface area contributed by atoms with Gasteiger partial charge in [-0.05, 0) is 25.1 Å². The molecule has 136 valence electrons. The predicted molar refractivity (Wildman–Crippen MR) is 91.5 cm³/mol. The summed E-state index contributed by atoms with van der Waals surface area (Å²) in [5.74, 6) is -1.62. The fraction of sp³-hybridized carbons (Fsp3) is 0.158. The van der Waals surface area contributed by atoms with Gasteiger partial charge < -0.3 is 10.1 Å². The van der Waals surface area contributed by atoms with Crippen LogP contribution in [0.3, 0.4) is 0 Å². The van der Waals surface area contributed by atoms with E-state index in [1.165, 1.54) is 24.3 Å². The van der Waals surface area contributed by atoms with Crippen LogP contribution in [0.5, 0.6) is 0 Å². The van der Waals surface area contributed by atoms with Gasteiger partial charge in [-0.3, -0.25) is 4.79 Å². The lowest BCUT2D eigenvalue weighted by atomic mass is 10.0. The van der Waals surface area contributed by atoms with Crippen molar-refractivity contribution in [2.24, 2.45) is 0 Å². The van der Waals surface area contributed by atoms with E-state index in [0.29, 0.717) is 0 Å². The van der Waals surface area contributed by atoms with Crippen molar-refractivity contribution in [1.82, 2.24) is 0 Å². The summed E-state index contributed by atoms with van der Waals surface area (Å²) in [6, 6.07) is 10.6. The summed E-state index contributed by atoms with van der Waals surface area (Å²) in [6.07, 6.45) is -4.66. The van der Waals surface area contributed by atoms with Crippen molar-refractivity contribution in [1.29, 1.82) is 0 Å². The Bertz CT molecular complexity index is 844. The summed E-state index contributed by atoms with van der Waals surface area (Å²) >= 11 is 0. The van der Waals surface area contributed by atoms with Crippen molar-refractivity contribution in [3.8, 4) is 0 Å². The molecule has 2 aromatic carbocycles. The van der Waals surface area contributed by atoms with Gasteiger partial charge in [0.25, 0.3) is 5.91 Å². The number of esters is 1. The molecule has 0 aliphatic rings. The van der Waals surface area contributed by atoms with Gasteiger partial charge in [0.2, 0.25) is 0 Å². The number of hydrogen-bond acceptors (Lipinski definition) is 3. The maximum atomic E-state index is 13.1. The Morgan fingerprint density at radius 2 is 1.62 bits per heavy atom. The van der Waals surface area contributed by atoms with Gasteiger partial charge in [0.1, 0.15) is 0 Å².